The zero-order valence-corrected chi connectivity index (χ0v) is 17.0. The van der Waals surface area contributed by atoms with E-state index in [1.807, 2.05) is 30.3 Å². The number of carbonyl (C=O) groups excluding carboxylic acids is 3. The first-order valence-corrected chi connectivity index (χ1v) is 10.2. The minimum absolute atomic E-state index is 0.104. The largest absolute Gasteiger partial charge is 0.348 e. The molecule has 6 heteroatoms. The zero-order chi connectivity index (χ0) is 21.6. The molecule has 3 aromatic carbocycles. The highest BCUT2D eigenvalue weighted by Gasteiger charge is 2.22. The van der Waals surface area contributed by atoms with Gasteiger partial charge in [-0.3, -0.25) is 14.4 Å². The van der Waals surface area contributed by atoms with Gasteiger partial charge in [0.15, 0.2) is 0 Å². The fraction of sp³-hybridized carbons (Fsp3) is 0.160. The van der Waals surface area contributed by atoms with Gasteiger partial charge in [-0.15, -0.1) is 0 Å². The van der Waals surface area contributed by atoms with Crippen LogP contribution < -0.4 is 15.5 Å². The first-order valence-electron chi connectivity index (χ1n) is 10.2. The van der Waals surface area contributed by atoms with E-state index in [-0.39, 0.29) is 17.7 Å². The quantitative estimate of drug-likeness (QED) is 0.641. The molecule has 2 N–H and O–H groups in total. The molecule has 1 aliphatic heterocycles. The third-order valence-electron chi connectivity index (χ3n) is 5.23. The molecule has 0 saturated carbocycles. The van der Waals surface area contributed by atoms with Crippen LogP contribution in [-0.2, 0) is 11.3 Å². The van der Waals surface area contributed by atoms with Crippen molar-refractivity contribution < 1.29 is 14.4 Å². The smallest absolute Gasteiger partial charge is 0.255 e. The second kappa shape index (κ2) is 9.26. The average molecular weight is 413 g/mol. The molecule has 1 aliphatic rings. The van der Waals surface area contributed by atoms with Crippen molar-refractivity contribution in [3.8, 4) is 0 Å². The van der Waals surface area contributed by atoms with Gasteiger partial charge in [0.2, 0.25) is 5.91 Å². The number of rotatable bonds is 6. The van der Waals surface area contributed by atoms with E-state index in [2.05, 4.69) is 10.6 Å². The average Bonchev–Trinajstić information content (AvgIpc) is 3.24. The number of amides is 3. The summed E-state index contributed by atoms with van der Waals surface area (Å²) in [4.78, 5) is 39.0. The molecule has 0 atom stereocenters. The van der Waals surface area contributed by atoms with Crippen LogP contribution in [0, 0.1) is 0 Å². The van der Waals surface area contributed by atoms with E-state index in [0.29, 0.717) is 36.3 Å². The van der Waals surface area contributed by atoms with E-state index in [0.717, 1.165) is 17.7 Å². The Kier molecular flexibility index (Phi) is 6.08. The first kappa shape index (κ1) is 20.3. The van der Waals surface area contributed by atoms with Crippen LogP contribution in [0.4, 0.5) is 11.4 Å². The highest BCUT2D eigenvalue weighted by Crippen LogP contribution is 2.22. The maximum atomic E-state index is 12.7. The van der Waals surface area contributed by atoms with Crippen molar-refractivity contribution >= 4 is 29.1 Å². The molecule has 0 unspecified atom stereocenters. The fourth-order valence-electron chi connectivity index (χ4n) is 3.57. The molecule has 4 rings (SSSR count). The van der Waals surface area contributed by atoms with Crippen molar-refractivity contribution in [1.29, 1.82) is 0 Å². The summed E-state index contributed by atoms with van der Waals surface area (Å²) in [5, 5.41) is 5.71. The summed E-state index contributed by atoms with van der Waals surface area (Å²) in [5.74, 6) is -0.474. The third kappa shape index (κ3) is 4.80. The summed E-state index contributed by atoms with van der Waals surface area (Å²) in [6.07, 6.45) is 1.41. The van der Waals surface area contributed by atoms with Crippen LogP contribution in [-0.4, -0.2) is 24.3 Å². The Balaban J connectivity index is 1.43. The Morgan fingerprint density at radius 3 is 2.26 bits per heavy atom. The lowest BCUT2D eigenvalue weighted by Gasteiger charge is -2.16. The molecule has 1 heterocycles. The monoisotopic (exact) mass is 413 g/mol. The first-order chi connectivity index (χ1) is 15.1. The molecular formula is C25H23N3O3. The molecule has 0 bridgehead atoms. The number of nitrogens with one attached hydrogen (secondary N) is 2. The van der Waals surface area contributed by atoms with Crippen LogP contribution >= 0.6 is 0 Å². The lowest BCUT2D eigenvalue weighted by Crippen LogP contribution is -2.25. The van der Waals surface area contributed by atoms with Gasteiger partial charge in [-0.25, -0.2) is 0 Å². The molecule has 3 aromatic rings. The molecule has 156 valence electrons. The Morgan fingerprint density at radius 2 is 1.55 bits per heavy atom. The minimum atomic E-state index is -0.317. The van der Waals surface area contributed by atoms with Gasteiger partial charge in [0.25, 0.3) is 11.8 Å². The van der Waals surface area contributed by atoms with E-state index in [4.69, 9.17) is 0 Å². The predicted molar refractivity (Wildman–Crippen MR) is 120 cm³/mol. The van der Waals surface area contributed by atoms with Crippen LogP contribution in [0.15, 0.2) is 78.9 Å². The van der Waals surface area contributed by atoms with Gasteiger partial charge in [0.05, 0.1) is 11.3 Å². The van der Waals surface area contributed by atoms with Crippen LogP contribution in [0.25, 0.3) is 0 Å². The Bertz CT molecular complexity index is 1090. The highest BCUT2D eigenvalue weighted by molar-refractivity contribution is 6.09. The second-order valence-electron chi connectivity index (χ2n) is 7.36. The van der Waals surface area contributed by atoms with Crippen molar-refractivity contribution in [2.24, 2.45) is 0 Å². The van der Waals surface area contributed by atoms with Crippen molar-refractivity contribution in [3.63, 3.8) is 0 Å². The molecule has 0 aliphatic carbocycles. The lowest BCUT2D eigenvalue weighted by molar-refractivity contribution is -0.117. The molecule has 31 heavy (non-hydrogen) atoms. The number of hydrogen-bond donors (Lipinski definition) is 2. The molecule has 3 amide bonds. The van der Waals surface area contributed by atoms with E-state index >= 15 is 0 Å². The van der Waals surface area contributed by atoms with E-state index in [1.54, 1.807) is 53.4 Å². The van der Waals surface area contributed by atoms with Crippen LogP contribution in [0.1, 0.15) is 39.1 Å². The lowest BCUT2D eigenvalue weighted by atomic mass is 10.1. The fourth-order valence-corrected chi connectivity index (χ4v) is 3.57. The van der Waals surface area contributed by atoms with Crippen LogP contribution in [0.3, 0.4) is 0 Å². The molecule has 0 aromatic heterocycles. The minimum Gasteiger partial charge on any atom is -0.348 e. The molecular weight excluding hydrogens is 390 g/mol. The number of carbonyl (C=O) groups is 3. The van der Waals surface area contributed by atoms with Crippen LogP contribution in [0.5, 0.6) is 0 Å². The maximum absolute atomic E-state index is 12.7. The topological polar surface area (TPSA) is 78.5 Å². The van der Waals surface area contributed by atoms with Crippen molar-refractivity contribution in [3.05, 3.63) is 95.6 Å². The second-order valence-corrected chi connectivity index (χ2v) is 7.36. The van der Waals surface area contributed by atoms with Gasteiger partial charge in [-0.1, -0.05) is 42.5 Å². The summed E-state index contributed by atoms with van der Waals surface area (Å²) in [6, 6.07) is 23.5. The van der Waals surface area contributed by atoms with Crippen molar-refractivity contribution in [1.82, 2.24) is 5.32 Å². The van der Waals surface area contributed by atoms with Crippen molar-refractivity contribution in [2.45, 2.75) is 19.4 Å². The van der Waals surface area contributed by atoms with Gasteiger partial charge in [0.1, 0.15) is 0 Å². The Labute approximate surface area is 180 Å². The summed E-state index contributed by atoms with van der Waals surface area (Å²) < 4.78 is 0. The standard InChI is InChI=1S/C25H23N3O3/c29-23-11-6-16-28(23)20-14-12-19(13-15-20)24(30)27-22-10-5-4-9-21(22)25(31)26-17-18-7-2-1-3-8-18/h1-5,7-10,12-15H,6,11,16-17H2,(H,26,31)(H,27,30). The number of para-hydroxylation sites is 1. The van der Waals surface area contributed by atoms with Gasteiger partial charge < -0.3 is 15.5 Å². The number of nitrogens with zero attached hydrogens (tertiary/aromatic N) is 1. The number of benzene rings is 3. The Morgan fingerprint density at radius 1 is 0.839 bits per heavy atom. The van der Waals surface area contributed by atoms with Gasteiger partial charge >= 0.3 is 0 Å². The van der Waals surface area contributed by atoms with Gasteiger partial charge in [-0.2, -0.15) is 0 Å². The van der Waals surface area contributed by atoms with Crippen LogP contribution in [0.2, 0.25) is 0 Å². The molecule has 0 radical (unpaired) electrons. The molecule has 6 nitrogen and oxygen atoms in total. The predicted octanol–water partition coefficient (Wildman–Crippen LogP) is 4.00. The third-order valence-corrected chi connectivity index (χ3v) is 5.23. The molecule has 1 fully saturated rings. The summed E-state index contributed by atoms with van der Waals surface area (Å²) >= 11 is 0. The van der Waals surface area contributed by atoms with Gasteiger partial charge in [0, 0.05) is 30.8 Å². The Hall–Kier alpha value is -3.93. The number of anilines is 2. The van der Waals surface area contributed by atoms with E-state index < -0.39 is 0 Å². The summed E-state index contributed by atoms with van der Waals surface area (Å²) in [5.41, 5.74) is 3.08. The van der Waals surface area contributed by atoms with Gasteiger partial charge in [-0.05, 0) is 48.4 Å². The molecule has 1 saturated heterocycles. The van der Waals surface area contributed by atoms with E-state index in [1.165, 1.54) is 0 Å². The number of hydrogen-bond acceptors (Lipinski definition) is 3. The normalized spacial score (nSPS) is 13.2. The summed E-state index contributed by atoms with van der Waals surface area (Å²) in [6.45, 7) is 1.11. The highest BCUT2D eigenvalue weighted by atomic mass is 16.2. The SMILES string of the molecule is O=C(Nc1ccccc1C(=O)NCc1ccccc1)c1ccc(N2CCCC2=O)cc1. The zero-order valence-electron chi connectivity index (χ0n) is 17.0. The maximum Gasteiger partial charge on any atom is 0.255 e. The molecule has 0 spiro atoms. The summed E-state index contributed by atoms with van der Waals surface area (Å²) in [7, 11) is 0. The van der Waals surface area contributed by atoms with E-state index in [9.17, 15) is 14.4 Å². The van der Waals surface area contributed by atoms with Crippen molar-refractivity contribution in [2.75, 3.05) is 16.8 Å².